The first-order valence-corrected chi connectivity index (χ1v) is 8.08. The minimum Gasteiger partial charge on any atom is -0.352 e. The Morgan fingerprint density at radius 2 is 1.92 bits per heavy atom. The van der Waals surface area contributed by atoms with Crippen molar-refractivity contribution in [2.24, 2.45) is 5.73 Å². The van der Waals surface area contributed by atoms with Crippen LogP contribution < -0.4 is 11.1 Å². The zero-order valence-electron chi connectivity index (χ0n) is 13.7. The Morgan fingerprint density at radius 3 is 2.62 bits per heavy atom. The van der Waals surface area contributed by atoms with Crippen molar-refractivity contribution in [3.05, 3.63) is 54.1 Å². The van der Waals surface area contributed by atoms with Crippen LogP contribution in [0, 0.1) is 0 Å². The summed E-state index contributed by atoms with van der Waals surface area (Å²) in [4.78, 5) is 24.9. The second-order valence-electron chi connectivity index (χ2n) is 6.02. The Morgan fingerprint density at radius 1 is 1.17 bits per heavy atom. The second-order valence-corrected chi connectivity index (χ2v) is 6.02. The van der Waals surface area contributed by atoms with E-state index in [0.29, 0.717) is 13.1 Å². The minimum atomic E-state index is -0.681. The average Bonchev–Trinajstić information content (AvgIpc) is 2.60. The molecule has 3 N–H and O–H groups in total. The summed E-state index contributed by atoms with van der Waals surface area (Å²) in [5.41, 5.74) is 7.56. The number of urea groups is 1. The van der Waals surface area contributed by atoms with Crippen molar-refractivity contribution < 1.29 is 9.59 Å². The smallest absolute Gasteiger partial charge is 0.312 e. The van der Waals surface area contributed by atoms with Crippen LogP contribution in [-0.4, -0.2) is 36.0 Å². The lowest BCUT2D eigenvalue weighted by Gasteiger charge is -2.29. The van der Waals surface area contributed by atoms with Crippen LogP contribution in [0.15, 0.2) is 48.5 Å². The van der Waals surface area contributed by atoms with Crippen LogP contribution >= 0.6 is 0 Å². The van der Waals surface area contributed by atoms with Crippen LogP contribution in [0.5, 0.6) is 0 Å². The molecule has 0 aliphatic carbocycles. The molecule has 0 spiro atoms. The van der Waals surface area contributed by atoms with Gasteiger partial charge in [-0.25, -0.2) is 4.79 Å². The van der Waals surface area contributed by atoms with E-state index in [1.165, 1.54) is 21.9 Å². The van der Waals surface area contributed by atoms with E-state index in [4.69, 9.17) is 5.73 Å². The summed E-state index contributed by atoms with van der Waals surface area (Å²) in [6.45, 7) is 2.83. The third-order valence-electron chi connectivity index (χ3n) is 4.39. The normalized spacial score (nSPS) is 15.7. The molecule has 2 aromatic rings. The van der Waals surface area contributed by atoms with Crippen LogP contribution in [-0.2, 0) is 4.79 Å². The van der Waals surface area contributed by atoms with Gasteiger partial charge in [-0.1, -0.05) is 48.5 Å². The number of fused-ring (bicyclic) bond motifs is 1. The van der Waals surface area contributed by atoms with E-state index in [2.05, 4.69) is 41.7 Å². The van der Waals surface area contributed by atoms with Crippen molar-refractivity contribution >= 4 is 28.3 Å². The SMILES string of the molecule is CC(NC(N)=O)C(=O)N1CC=C(c2cccc3ccccc23)CC1. The number of benzene rings is 2. The van der Waals surface area contributed by atoms with Gasteiger partial charge in [0.05, 0.1) is 0 Å². The quantitative estimate of drug-likeness (QED) is 0.910. The van der Waals surface area contributed by atoms with Crippen molar-refractivity contribution in [1.82, 2.24) is 10.2 Å². The maximum atomic E-state index is 12.3. The lowest BCUT2D eigenvalue weighted by Crippen LogP contribution is -2.49. The van der Waals surface area contributed by atoms with Crippen LogP contribution in [0.25, 0.3) is 16.3 Å². The number of rotatable bonds is 3. The molecule has 2 aromatic carbocycles. The number of carbonyl (C=O) groups excluding carboxylic acids is 2. The molecule has 124 valence electrons. The number of primary amides is 1. The molecule has 1 aliphatic rings. The molecule has 0 saturated carbocycles. The summed E-state index contributed by atoms with van der Waals surface area (Å²) >= 11 is 0. The molecule has 3 rings (SSSR count). The highest BCUT2D eigenvalue weighted by Crippen LogP contribution is 2.29. The molecule has 0 fully saturated rings. The van der Waals surface area contributed by atoms with Gasteiger partial charge in [-0.15, -0.1) is 0 Å². The molecule has 0 radical (unpaired) electrons. The van der Waals surface area contributed by atoms with Gasteiger partial charge in [0.1, 0.15) is 6.04 Å². The Kier molecular flexibility index (Phi) is 4.51. The zero-order valence-corrected chi connectivity index (χ0v) is 13.7. The van der Waals surface area contributed by atoms with Crippen LogP contribution in [0.1, 0.15) is 18.9 Å². The average molecular weight is 323 g/mol. The molecule has 3 amide bonds. The number of nitrogens with zero attached hydrogens (tertiary/aromatic N) is 1. The molecule has 1 aliphatic heterocycles. The van der Waals surface area contributed by atoms with Crippen LogP contribution in [0.3, 0.4) is 0 Å². The number of hydrogen-bond acceptors (Lipinski definition) is 2. The van der Waals surface area contributed by atoms with Gasteiger partial charge in [-0.3, -0.25) is 4.79 Å². The van der Waals surface area contributed by atoms with E-state index in [1.54, 1.807) is 11.8 Å². The van der Waals surface area contributed by atoms with Crippen molar-refractivity contribution in [2.75, 3.05) is 13.1 Å². The fraction of sp³-hybridized carbons (Fsp3) is 0.263. The van der Waals surface area contributed by atoms with Crippen LogP contribution in [0.2, 0.25) is 0 Å². The van der Waals surface area contributed by atoms with Crippen LogP contribution in [0.4, 0.5) is 4.79 Å². The predicted octanol–water partition coefficient (Wildman–Crippen LogP) is 2.51. The maximum absolute atomic E-state index is 12.3. The Labute approximate surface area is 141 Å². The third-order valence-corrected chi connectivity index (χ3v) is 4.39. The van der Waals surface area contributed by atoms with Gasteiger partial charge < -0.3 is 16.0 Å². The first kappa shape index (κ1) is 16.1. The van der Waals surface area contributed by atoms with Gasteiger partial charge in [0.15, 0.2) is 0 Å². The van der Waals surface area contributed by atoms with Gasteiger partial charge in [0.25, 0.3) is 0 Å². The molecule has 1 heterocycles. The number of carbonyl (C=O) groups is 2. The number of nitrogens with two attached hydrogens (primary N) is 1. The van der Waals surface area contributed by atoms with E-state index in [9.17, 15) is 9.59 Å². The largest absolute Gasteiger partial charge is 0.352 e. The lowest BCUT2D eigenvalue weighted by molar-refractivity contribution is -0.132. The fourth-order valence-electron chi connectivity index (χ4n) is 3.17. The van der Waals surface area contributed by atoms with Crippen molar-refractivity contribution in [2.45, 2.75) is 19.4 Å². The van der Waals surface area contributed by atoms with E-state index < -0.39 is 12.1 Å². The standard InChI is InChI=1S/C19H21N3O2/c1-13(21-19(20)24)18(23)22-11-9-15(10-12-22)17-8-4-6-14-5-2-3-7-16(14)17/h2-9,13H,10-12H2,1H3,(H3,20,21,24). The second kappa shape index (κ2) is 6.74. The highest BCUT2D eigenvalue weighted by Gasteiger charge is 2.23. The molecule has 0 bridgehead atoms. The van der Waals surface area contributed by atoms with Crippen molar-refractivity contribution in [3.63, 3.8) is 0 Å². The van der Waals surface area contributed by atoms with E-state index in [-0.39, 0.29) is 5.91 Å². The molecular formula is C19H21N3O2. The number of hydrogen-bond donors (Lipinski definition) is 2. The Bertz CT molecular complexity index is 808. The molecule has 1 unspecified atom stereocenters. The fourth-order valence-corrected chi connectivity index (χ4v) is 3.17. The van der Waals surface area contributed by atoms with E-state index in [1.807, 2.05) is 12.1 Å². The highest BCUT2D eigenvalue weighted by molar-refractivity contribution is 5.94. The maximum Gasteiger partial charge on any atom is 0.312 e. The number of nitrogens with one attached hydrogen (secondary N) is 1. The topological polar surface area (TPSA) is 75.4 Å². The van der Waals surface area contributed by atoms with Gasteiger partial charge in [0.2, 0.25) is 5.91 Å². The summed E-state index contributed by atoms with van der Waals surface area (Å²) in [5.74, 6) is -0.109. The molecule has 5 nitrogen and oxygen atoms in total. The lowest BCUT2D eigenvalue weighted by atomic mass is 9.94. The van der Waals surface area contributed by atoms with Gasteiger partial charge in [-0.05, 0) is 35.3 Å². The molecule has 0 aromatic heterocycles. The highest BCUT2D eigenvalue weighted by atomic mass is 16.2. The van der Waals surface area contributed by atoms with Crippen molar-refractivity contribution in [1.29, 1.82) is 0 Å². The first-order valence-electron chi connectivity index (χ1n) is 8.08. The third kappa shape index (κ3) is 3.25. The molecule has 5 heteroatoms. The monoisotopic (exact) mass is 323 g/mol. The van der Waals surface area contributed by atoms with Crippen molar-refractivity contribution in [3.8, 4) is 0 Å². The Balaban J connectivity index is 1.78. The van der Waals surface area contributed by atoms with Gasteiger partial charge >= 0.3 is 6.03 Å². The predicted molar refractivity (Wildman–Crippen MR) is 95.3 cm³/mol. The zero-order chi connectivity index (χ0) is 17.1. The molecule has 0 saturated heterocycles. The summed E-state index contributed by atoms with van der Waals surface area (Å²) in [5, 5.41) is 4.88. The first-order chi connectivity index (χ1) is 11.6. The van der Waals surface area contributed by atoms with E-state index >= 15 is 0 Å². The van der Waals surface area contributed by atoms with Gasteiger partial charge in [0, 0.05) is 13.1 Å². The summed E-state index contributed by atoms with van der Waals surface area (Å²) in [6.07, 6.45) is 2.89. The van der Waals surface area contributed by atoms with Gasteiger partial charge in [-0.2, -0.15) is 0 Å². The molecule has 1 atom stereocenters. The van der Waals surface area contributed by atoms with E-state index in [0.717, 1.165) is 6.42 Å². The number of amides is 3. The summed E-state index contributed by atoms with van der Waals surface area (Å²) in [7, 11) is 0. The Hall–Kier alpha value is -2.82. The minimum absolute atomic E-state index is 0.109. The summed E-state index contributed by atoms with van der Waals surface area (Å²) < 4.78 is 0. The molecule has 24 heavy (non-hydrogen) atoms. The summed E-state index contributed by atoms with van der Waals surface area (Å²) in [6, 6.07) is 13.3. The molecular weight excluding hydrogens is 302 g/mol.